The molecular weight excluding hydrogens is 340 g/mol. The highest BCUT2D eigenvalue weighted by Crippen LogP contribution is 2.32. The Hall–Kier alpha value is -1.86. The molecule has 1 saturated heterocycles. The Morgan fingerprint density at radius 1 is 1.43 bits per heavy atom. The van der Waals surface area contributed by atoms with Crippen molar-refractivity contribution in [2.45, 2.75) is 13.3 Å². The summed E-state index contributed by atoms with van der Waals surface area (Å²) in [7, 11) is 0. The summed E-state index contributed by atoms with van der Waals surface area (Å²) in [6.07, 6.45) is 0.580. The normalized spacial score (nSPS) is 21.4. The number of carboxylic acids is 1. The molecule has 1 aliphatic heterocycles. The molecular formula is C15H15ClN2O4S. The van der Waals surface area contributed by atoms with Gasteiger partial charge in [-0.15, -0.1) is 11.3 Å². The fraction of sp³-hybridized carbons (Fsp3) is 0.400. The number of carbonyl (C=O) groups is 2. The van der Waals surface area contributed by atoms with Gasteiger partial charge in [0.1, 0.15) is 0 Å². The molecule has 0 aromatic carbocycles. The van der Waals surface area contributed by atoms with Crippen molar-refractivity contribution >= 4 is 34.8 Å². The zero-order chi connectivity index (χ0) is 16.6. The summed E-state index contributed by atoms with van der Waals surface area (Å²) in [4.78, 5) is 26.1. The zero-order valence-corrected chi connectivity index (χ0v) is 13.9. The second kappa shape index (κ2) is 6.33. The fourth-order valence-electron chi connectivity index (χ4n) is 2.80. The monoisotopic (exact) mass is 354 g/mol. The van der Waals surface area contributed by atoms with E-state index >= 15 is 0 Å². The van der Waals surface area contributed by atoms with Gasteiger partial charge in [-0.25, -0.2) is 0 Å². The number of amides is 1. The van der Waals surface area contributed by atoms with Gasteiger partial charge in [0.25, 0.3) is 5.91 Å². The standard InChI is InChI=1S/C15H15ClN2O4S/c1-8-4-9(15(20)21)7-18(6-8)14(19)10-5-11(22-17-10)12-2-3-13(16)23-12/h2-3,5,8-9H,4,6-7H2,1H3,(H,20,21). The summed E-state index contributed by atoms with van der Waals surface area (Å²) >= 11 is 7.22. The number of nitrogens with zero attached hydrogens (tertiary/aromatic N) is 2. The number of rotatable bonds is 3. The maximum Gasteiger partial charge on any atom is 0.308 e. The number of aliphatic carboxylic acids is 1. The van der Waals surface area contributed by atoms with E-state index < -0.39 is 11.9 Å². The van der Waals surface area contributed by atoms with Gasteiger partial charge >= 0.3 is 5.97 Å². The molecule has 0 spiro atoms. The van der Waals surface area contributed by atoms with E-state index in [-0.39, 0.29) is 24.1 Å². The Bertz CT molecular complexity index is 741. The molecule has 1 amide bonds. The van der Waals surface area contributed by atoms with E-state index in [9.17, 15) is 14.7 Å². The molecule has 2 aromatic heterocycles. The van der Waals surface area contributed by atoms with Crippen molar-refractivity contribution in [2.75, 3.05) is 13.1 Å². The van der Waals surface area contributed by atoms with Crippen LogP contribution in [0.2, 0.25) is 4.34 Å². The number of halogens is 1. The second-order valence-corrected chi connectivity index (χ2v) is 7.48. The third-order valence-electron chi connectivity index (χ3n) is 3.84. The average molecular weight is 355 g/mol. The van der Waals surface area contributed by atoms with Crippen molar-refractivity contribution in [1.82, 2.24) is 10.1 Å². The van der Waals surface area contributed by atoms with E-state index in [1.165, 1.54) is 16.2 Å². The summed E-state index contributed by atoms with van der Waals surface area (Å²) in [5.41, 5.74) is 0.183. The van der Waals surface area contributed by atoms with Crippen LogP contribution in [-0.4, -0.2) is 40.1 Å². The van der Waals surface area contributed by atoms with Crippen LogP contribution >= 0.6 is 22.9 Å². The quantitative estimate of drug-likeness (QED) is 0.914. The van der Waals surface area contributed by atoms with Gasteiger partial charge in [-0.3, -0.25) is 9.59 Å². The molecule has 0 bridgehead atoms. The number of thiophene rings is 1. The van der Waals surface area contributed by atoms with Crippen molar-refractivity contribution < 1.29 is 19.2 Å². The van der Waals surface area contributed by atoms with Crippen LogP contribution in [0.5, 0.6) is 0 Å². The predicted octanol–water partition coefficient (Wildman–Crippen LogP) is 3.24. The average Bonchev–Trinajstić information content (AvgIpc) is 3.14. The van der Waals surface area contributed by atoms with Crippen LogP contribution in [0, 0.1) is 11.8 Å². The van der Waals surface area contributed by atoms with Crippen LogP contribution in [0.25, 0.3) is 10.6 Å². The minimum Gasteiger partial charge on any atom is -0.481 e. The summed E-state index contributed by atoms with van der Waals surface area (Å²) in [6, 6.07) is 5.11. The zero-order valence-electron chi connectivity index (χ0n) is 12.4. The van der Waals surface area contributed by atoms with Crippen LogP contribution < -0.4 is 0 Å². The number of likely N-dealkylation sites (tertiary alicyclic amines) is 1. The lowest BCUT2D eigenvalue weighted by Gasteiger charge is -2.34. The SMILES string of the molecule is CC1CC(C(=O)O)CN(C(=O)c2cc(-c3ccc(Cl)s3)on2)C1. The molecule has 1 aliphatic rings. The summed E-state index contributed by atoms with van der Waals surface area (Å²) in [6.45, 7) is 2.67. The lowest BCUT2D eigenvalue weighted by Crippen LogP contribution is -2.45. The molecule has 0 saturated carbocycles. The maximum atomic E-state index is 12.6. The van der Waals surface area contributed by atoms with E-state index in [0.717, 1.165) is 4.88 Å². The van der Waals surface area contributed by atoms with E-state index in [1.807, 2.05) is 6.92 Å². The van der Waals surface area contributed by atoms with E-state index in [0.29, 0.717) is 23.1 Å². The smallest absolute Gasteiger partial charge is 0.308 e. The van der Waals surface area contributed by atoms with Crippen molar-refractivity contribution in [2.24, 2.45) is 11.8 Å². The number of aromatic nitrogens is 1. The number of hydrogen-bond acceptors (Lipinski definition) is 5. The minimum absolute atomic E-state index is 0.135. The van der Waals surface area contributed by atoms with Crippen LogP contribution in [0.3, 0.4) is 0 Å². The van der Waals surface area contributed by atoms with Gasteiger partial charge in [0, 0.05) is 19.2 Å². The highest BCUT2D eigenvalue weighted by atomic mass is 35.5. The van der Waals surface area contributed by atoms with Gasteiger partial charge in [-0.2, -0.15) is 0 Å². The number of carbonyl (C=O) groups excluding carboxylic acids is 1. The molecule has 23 heavy (non-hydrogen) atoms. The van der Waals surface area contributed by atoms with Gasteiger partial charge in [0.15, 0.2) is 11.5 Å². The Labute approximate surface area is 141 Å². The predicted molar refractivity (Wildman–Crippen MR) is 85.6 cm³/mol. The molecule has 8 heteroatoms. The fourth-order valence-corrected chi connectivity index (χ4v) is 3.79. The van der Waals surface area contributed by atoms with Crippen LogP contribution in [0.15, 0.2) is 22.7 Å². The molecule has 3 rings (SSSR count). The molecule has 2 aromatic rings. The minimum atomic E-state index is -0.872. The van der Waals surface area contributed by atoms with Gasteiger partial charge in [0.05, 0.1) is 15.1 Å². The van der Waals surface area contributed by atoms with Gasteiger partial charge in [-0.05, 0) is 24.5 Å². The molecule has 2 unspecified atom stereocenters. The van der Waals surface area contributed by atoms with Gasteiger partial charge in [-0.1, -0.05) is 23.7 Å². The third kappa shape index (κ3) is 3.40. The maximum absolute atomic E-state index is 12.6. The number of carboxylic acid groups (broad SMARTS) is 1. The Kier molecular flexibility index (Phi) is 4.41. The largest absolute Gasteiger partial charge is 0.481 e. The lowest BCUT2D eigenvalue weighted by molar-refractivity contribution is -0.143. The van der Waals surface area contributed by atoms with Crippen molar-refractivity contribution in [3.05, 3.63) is 28.2 Å². The van der Waals surface area contributed by atoms with Gasteiger partial charge in [0.2, 0.25) is 0 Å². The Morgan fingerprint density at radius 3 is 2.87 bits per heavy atom. The van der Waals surface area contributed by atoms with Crippen molar-refractivity contribution in [1.29, 1.82) is 0 Å². The molecule has 0 aliphatic carbocycles. The topological polar surface area (TPSA) is 83.6 Å². The highest BCUT2D eigenvalue weighted by molar-refractivity contribution is 7.19. The van der Waals surface area contributed by atoms with E-state index in [1.54, 1.807) is 18.2 Å². The molecule has 2 atom stereocenters. The molecule has 1 N–H and O–H groups in total. The first kappa shape index (κ1) is 16.0. The van der Waals surface area contributed by atoms with Crippen molar-refractivity contribution in [3.63, 3.8) is 0 Å². The van der Waals surface area contributed by atoms with E-state index in [4.69, 9.17) is 16.1 Å². The first-order valence-corrected chi connectivity index (χ1v) is 8.38. The van der Waals surface area contributed by atoms with Crippen LogP contribution in [-0.2, 0) is 4.79 Å². The summed E-state index contributed by atoms with van der Waals surface area (Å²) in [5.74, 6) is -1.10. The van der Waals surface area contributed by atoms with Crippen molar-refractivity contribution in [3.8, 4) is 10.6 Å². The van der Waals surface area contributed by atoms with Gasteiger partial charge < -0.3 is 14.5 Å². The molecule has 3 heterocycles. The van der Waals surface area contributed by atoms with Crippen LogP contribution in [0.1, 0.15) is 23.8 Å². The number of hydrogen-bond donors (Lipinski definition) is 1. The first-order chi connectivity index (χ1) is 10.9. The van der Waals surface area contributed by atoms with E-state index in [2.05, 4.69) is 5.16 Å². The lowest BCUT2D eigenvalue weighted by atomic mass is 9.90. The second-order valence-electron chi connectivity index (χ2n) is 5.77. The summed E-state index contributed by atoms with van der Waals surface area (Å²) < 4.78 is 5.84. The summed E-state index contributed by atoms with van der Waals surface area (Å²) in [5, 5.41) is 13.0. The molecule has 6 nitrogen and oxygen atoms in total. The highest BCUT2D eigenvalue weighted by Gasteiger charge is 2.33. The Morgan fingerprint density at radius 2 is 2.22 bits per heavy atom. The first-order valence-electron chi connectivity index (χ1n) is 7.18. The number of piperidine rings is 1. The third-order valence-corrected chi connectivity index (χ3v) is 5.09. The molecule has 0 radical (unpaired) electrons. The molecule has 1 fully saturated rings. The Balaban J connectivity index is 1.77. The van der Waals surface area contributed by atoms with Crippen LogP contribution in [0.4, 0.5) is 0 Å². The molecule has 122 valence electrons.